The maximum atomic E-state index is 12.1. The number of nitrogens with two attached hydrogens (primary N) is 1. The van der Waals surface area contributed by atoms with E-state index in [-0.39, 0.29) is 0 Å². The van der Waals surface area contributed by atoms with Crippen molar-refractivity contribution in [2.75, 3.05) is 5.32 Å². The summed E-state index contributed by atoms with van der Waals surface area (Å²) >= 11 is 0. The minimum Gasteiger partial charge on any atom is -0.365 e. The van der Waals surface area contributed by atoms with Crippen LogP contribution in [-0.2, 0) is 11.3 Å². The van der Waals surface area contributed by atoms with Gasteiger partial charge in [0, 0.05) is 11.8 Å². The second-order valence-corrected chi connectivity index (χ2v) is 5.08. The molecular formula is C15H14N4O5. The van der Waals surface area contributed by atoms with E-state index in [4.69, 9.17) is 5.73 Å². The molecule has 0 fully saturated rings. The Morgan fingerprint density at radius 2 is 2.04 bits per heavy atom. The average molecular weight is 330 g/mol. The van der Waals surface area contributed by atoms with Crippen LogP contribution < -0.4 is 16.6 Å². The van der Waals surface area contributed by atoms with E-state index in [1.165, 1.54) is 0 Å². The number of carbonyl (C=O) groups excluding carboxylic acids is 2. The zero-order chi connectivity index (χ0) is 17.9. The third kappa shape index (κ3) is 3.83. The molecule has 0 saturated carbocycles. The lowest BCUT2D eigenvalue weighted by atomic mass is 10.2. The van der Waals surface area contributed by atoms with Gasteiger partial charge in [-0.25, -0.2) is 0 Å². The molecule has 1 aromatic carbocycles. The molecule has 124 valence electrons. The lowest BCUT2D eigenvalue weighted by molar-refractivity contribution is -0.385. The number of rotatable bonds is 5. The van der Waals surface area contributed by atoms with Gasteiger partial charge in [0.25, 0.3) is 17.2 Å². The summed E-state index contributed by atoms with van der Waals surface area (Å²) < 4.78 is 0.781. The van der Waals surface area contributed by atoms with Crippen molar-refractivity contribution in [1.29, 1.82) is 0 Å². The molecule has 3 N–H and O–H groups in total. The van der Waals surface area contributed by atoms with Crippen molar-refractivity contribution >= 4 is 23.2 Å². The quantitative estimate of drug-likeness (QED) is 0.617. The predicted molar refractivity (Wildman–Crippen MR) is 85.7 cm³/mol. The Balaban J connectivity index is 2.31. The maximum Gasteiger partial charge on any atom is 0.286 e. The summed E-state index contributed by atoms with van der Waals surface area (Å²) in [5, 5.41) is 13.5. The molecule has 1 aromatic heterocycles. The van der Waals surface area contributed by atoms with Crippen molar-refractivity contribution in [2.24, 2.45) is 5.73 Å². The van der Waals surface area contributed by atoms with Gasteiger partial charge in [0.05, 0.1) is 11.1 Å². The van der Waals surface area contributed by atoms with Crippen LogP contribution >= 0.6 is 0 Å². The lowest BCUT2D eigenvalue weighted by Gasteiger charge is -2.09. The van der Waals surface area contributed by atoms with Crippen LogP contribution in [0.4, 0.5) is 11.4 Å². The van der Waals surface area contributed by atoms with Gasteiger partial charge in [0.15, 0.2) is 0 Å². The normalized spacial score (nSPS) is 10.2. The van der Waals surface area contributed by atoms with Gasteiger partial charge in [-0.2, -0.15) is 0 Å². The second-order valence-electron chi connectivity index (χ2n) is 5.08. The van der Waals surface area contributed by atoms with Crippen LogP contribution in [0.25, 0.3) is 0 Å². The highest BCUT2D eigenvalue weighted by Crippen LogP contribution is 2.12. The molecule has 9 heteroatoms. The molecule has 2 rings (SSSR count). The molecule has 2 aromatic rings. The number of benzene rings is 1. The van der Waals surface area contributed by atoms with E-state index in [1.807, 2.05) is 13.0 Å². The summed E-state index contributed by atoms with van der Waals surface area (Å²) in [5.41, 5.74) is 4.57. The molecule has 0 saturated heterocycles. The Kier molecular flexibility index (Phi) is 4.73. The Hall–Kier alpha value is -3.49. The van der Waals surface area contributed by atoms with Crippen molar-refractivity contribution in [2.45, 2.75) is 13.5 Å². The van der Waals surface area contributed by atoms with Gasteiger partial charge < -0.3 is 11.1 Å². The van der Waals surface area contributed by atoms with Gasteiger partial charge in [-0.1, -0.05) is 12.1 Å². The summed E-state index contributed by atoms with van der Waals surface area (Å²) in [4.78, 5) is 45.5. The van der Waals surface area contributed by atoms with Crippen molar-refractivity contribution < 1.29 is 14.5 Å². The average Bonchev–Trinajstić information content (AvgIpc) is 2.48. The summed E-state index contributed by atoms with van der Waals surface area (Å²) in [5.74, 6) is -1.67. The van der Waals surface area contributed by atoms with Crippen LogP contribution in [0.5, 0.6) is 0 Å². The van der Waals surface area contributed by atoms with Gasteiger partial charge in [-0.15, -0.1) is 0 Å². The smallest absolute Gasteiger partial charge is 0.286 e. The fraction of sp³-hybridized carbons (Fsp3) is 0.133. The number of nitro groups is 1. The Morgan fingerprint density at radius 3 is 2.62 bits per heavy atom. The van der Waals surface area contributed by atoms with E-state index in [0.29, 0.717) is 5.69 Å². The van der Waals surface area contributed by atoms with Crippen molar-refractivity contribution in [3.63, 3.8) is 0 Å². The molecule has 0 aliphatic heterocycles. The lowest BCUT2D eigenvalue weighted by Crippen LogP contribution is -2.33. The molecule has 0 unspecified atom stereocenters. The molecule has 0 atom stereocenters. The van der Waals surface area contributed by atoms with E-state index < -0.39 is 40.1 Å². The van der Waals surface area contributed by atoms with Crippen LogP contribution in [0, 0.1) is 17.0 Å². The third-order valence-corrected chi connectivity index (χ3v) is 3.16. The number of nitrogens with one attached hydrogen (secondary N) is 1. The fourth-order valence-corrected chi connectivity index (χ4v) is 2.09. The first-order valence-electron chi connectivity index (χ1n) is 6.83. The molecule has 0 radical (unpaired) electrons. The molecule has 1 heterocycles. The van der Waals surface area contributed by atoms with Gasteiger partial charge >= 0.3 is 0 Å². The van der Waals surface area contributed by atoms with E-state index >= 15 is 0 Å². The molecule has 24 heavy (non-hydrogen) atoms. The maximum absolute atomic E-state index is 12.1. The van der Waals surface area contributed by atoms with Crippen molar-refractivity contribution in [3.05, 3.63) is 68.1 Å². The molecular weight excluding hydrogens is 316 g/mol. The third-order valence-electron chi connectivity index (χ3n) is 3.16. The molecule has 0 aliphatic rings. The van der Waals surface area contributed by atoms with Crippen LogP contribution in [0.15, 0.2) is 41.3 Å². The number of hydrogen-bond acceptors (Lipinski definition) is 5. The number of primary amides is 1. The molecule has 0 bridgehead atoms. The minimum absolute atomic E-state index is 0.491. The largest absolute Gasteiger partial charge is 0.365 e. The van der Waals surface area contributed by atoms with E-state index in [9.17, 15) is 24.5 Å². The Morgan fingerprint density at radius 1 is 1.33 bits per heavy atom. The van der Waals surface area contributed by atoms with Crippen LogP contribution in [0.3, 0.4) is 0 Å². The number of pyridine rings is 1. The van der Waals surface area contributed by atoms with E-state index in [1.54, 1.807) is 18.2 Å². The summed E-state index contributed by atoms with van der Waals surface area (Å²) in [6.07, 6.45) is 0.893. The first-order chi connectivity index (χ1) is 11.3. The zero-order valence-electron chi connectivity index (χ0n) is 12.7. The van der Waals surface area contributed by atoms with Gasteiger partial charge in [-0.05, 0) is 24.6 Å². The Bertz CT molecular complexity index is 888. The molecule has 9 nitrogen and oxygen atoms in total. The van der Waals surface area contributed by atoms with Gasteiger partial charge in [-0.3, -0.25) is 29.1 Å². The first-order valence-corrected chi connectivity index (χ1v) is 6.83. The number of aryl methyl sites for hydroxylation is 1. The highest BCUT2D eigenvalue weighted by atomic mass is 16.6. The number of carbonyl (C=O) groups is 2. The number of aromatic nitrogens is 1. The van der Waals surface area contributed by atoms with Crippen LogP contribution in [0.1, 0.15) is 15.9 Å². The van der Waals surface area contributed by atoms with Crippen LogP contribution in [0.2, 0.25) is 0 Å². The van der Waals surface area contributed by atoms with Gasteiger partial charge in [0.2, 0.25) is 5.91 Å². The highest BCUT2D eigenvalue weighted by Gasteiger charge is 2.18. The SMILES string of the molecule is Cc1cccc(NC(=O)Cn2cc([N+](=O)[O-])cc(C(N)=O)c2=O)c1. The standard InChI is InChI=1S/C15H14N4O5/c1-9-3-2-4-10(5-9)17-13(20)8-18-7-11(19(23)24)6-12(14(16)21)15(18)22/h2-7H,8H2,1H3,(H2,16,21)(H,17,20). The number of hydrogen-bond donors (Lipinski definition) is 2. The van der Waals surface area contributed by atoms with Crippen LogP contribution in [-0.4, -0.2) is 21.3 Å². The fourth-order valence-electron chi connectivity index (χ4n) is 2.09. The van der Waals surface area contributed by atoms with E-state index in [0.717, 1.165) is 22.4 Å². The minimum atomic E-state index is -1.10. The second kappa shape index (κ2) is 6.73. The van der Waals surface area contributed by atoms with Crippen molar-refractivity contribution in [3.8, 4) is 0 Å². The van der Waals surface area contributed by atoms with E-state index in [2.05, 4.69) is 5.32 Å². The first kappa shape index (κ1) is 16.9. The number of amides is 2. The topological polar surface area (TPSA) is 137 Å². The molecule has 2 amide bonds. The van der Waals surface area contributed by atoms with Gasteiger partial charge in [0.1, 0.15) is 12.1 Å². The number of nitrogens with zero attached hydrogens (tertiary/aromatic N) is 2. The summed E-state index contributed by atoms with van der Waals surface area (Å²) in [6.45, 7) is 1.36. The summed E-state index contributed by atoms with van der Waals surface area (Å²) in [6, 6.07) is 7.77. The molecule has 0 spiro atoms. The highest BCUT2D eigenvalue weighted by molar-refractivity contribution is 5.93. The van der Waals surface area contributed by atoms with Crippen molar-refractivity contribution in [1.82, 2.24) is 4.57 Å². The molecule has 0 aliphatic carbocycles. The summed E-state index contributed by atoms with van der Waals surface area (Å²) in [7, 11) is 0. The zero-order valence-corrected chi connectivity index (χ0v) is 12.7. The number of anilines is 1. The monoisotopic (exact) mass is 330 g/mol. The Labute approximate surface area is 135 Å². The predicted octanol–water partition coefficient (Wildman–Crippen LogP) is 0.803.